The molecule has 1 saturated carbocycles. The summed E-state index contributed by atoms with van der Waals surface area (Å²) in [6.07, 6.45) is 0.906. The first-order chi connectivity index (χ1) is 9.97. The average molecular weight is 315 g/mol. The lowest BCUT2D eigenvalue weighted by Crippen LogP contribution is -2.37. The lowest BCUT2D eigenvalue weighted by Gasteiger charge is -2.14. The molecule has 0 heterocycles. The van der Waals surface area contributed by atoms with Gasteiger partial charge in [0.05, 0.1) is 5.56 Å². The summed E-state index contributed by atoms with van der Waals surface area (Å²) in [5, 5.41) is 2.72. The third-order valence-electron chi connectivity index (χ3n) is 2.90. The fraction of sp³-hybridized carbons (Fsp3) is 0.429. The van der Waals surface area contributed by atoms with E-state index in [-0.39, 0.29) is 34.2 Å². The summed E-state index contributed by atoms with van der Waals surface area (Å²) in [7, 11) is 0. The van der Waals surface area contributed by atoms with Crippen molar-refractivity contribution in [2.24, 2.45) is 0 Å². The van der Waals surface area contributed by atoms with E-state index in [9.17, 15) is 18.4 Å². The van der Waals surface area contributed by atoms with Crippen LogP contribution < -0.4 is 5.32 Å². The molecule has 114 valence electrons. The summed E-state index contributed by atoms with van der Waals surface area (Å²) >= 11 is 0.275. The van der Waals surface area contributed by atoms with Crippen LogP contribution in [0.25, 0.3) is 0 Å². The summed E-state index contributed by atoms with van der Waals surface area (Å²) in [6.45, 7) is 1.46. The van der Waals surface area contributed by atoms with Gasteiger partial charge in [0.15, 0.2) is 6.10 Å². The van der Waals surface area contributed by atoms with Gasteiger partial charge in [0.1, 0.15) is 0 Å². The third kappa shape index (κ3) is 4.70. The molecule has 0 spiro atoms. The van der Waals surface area contributed by atoms with Crippen molar-refractivity contribution < 1.29 is 23.1 Å². The number of nitrogens with one attached hydrogen (secondary N) is 1. The lowest BCUT2D eigenvalue weighted by molar-refractivity contribution is -0.129. The van der Waals surface area contributed by atoms with Gasteiger partial charge in [-0.2, -0.15) is 8.78 Å². The van der Waals surface area contributed by atoms with Crippen LogP contribution in [0, 0.1) is 0 Å². The first-order valence-electron chi connectivity index (χ1n) is 6.52. The molecule has 1 fully saturated rings. The number of carbonyl (C=O) groups is 2. The molecule has 4 nitrogen and oxygen atoms in total. The fourth-order valence-corrected chi connectivity index (χ4v) is 2.29. The first-order valence-corrected chi connectivity index (χ1v) is 7.40. The molecule has 1 aromatic rings. The van der Waals surface area contributed by atoms with Crippen molar-refractivity contribution >= 4 is 23.6 Å². The highest BCUT2D eigenvalue weighted by Crippen LogP contribution is 2.29. The normalized spacial score (nSPS) is 15.6. The van der Waals surface area contributed by atoms with Crippen LogP contribution in [-0.4, -0.2) is 29.8 Å². The van der Waals surface area contributed by atoms with E-state index < -0.39 is 17.8 Å². The van der Waals surface area contributed by atoms with Crippen molar-refractivity contribution in [3.63, 3.8) is 0 Å². The molecule has 2 rings (SSSR count). The van der Waals surface area contributed by atoms with Crippen LogP contribution in [0.5, 0.6) is 0 Å². The van der Waals surface area contributed by atoms with Crippen molar-refractivity contribution in [1.82, 2.24) is 5.32 Å². The van der Waals surface area contributed by atoms with Crippen LogP contribution in [0.1, 0.15) is 30.1 Å². The van der Waals surface area contributed by atoms with Crippen LogP contribution in [0.3, 0.4) is 0 Å². The molecule has 1 unspecified atom stereocenters. The molecule has 0 aromatic heterocycles. The number of hydrogen-bond acceptors (Lipinski definition) is 4. The Bertz CT molecular complexity index is 535. The van der Waals surface area contributed by atoms with Crippen molar-refractivity contribution in [2.45, 2.75) is 42.6 Å². The molecular formula is C14H15F2NO3S. The van der Waals surface area contributed by atoms with Gasteiger partial charge in [-0.15, -0.1) is 0 Å². The molecular weight excluding hydrogens is 300 g/mol. The highest BCUT2D eigenvalue weighted by Gasteiger charge is 2.28. The number of amides is 1. The van der Waals surface area contributed by atoms with Crippen LogP contribution in [0.4, 0.5) is 8.78 Å². The Morgan fingerprint density at radius 3 is 2.62 bits per heavy atom. The molecule has 0 aliphatic heterocycles. The zero-order valence-electron chi connectivity index (χ0n) is 11.3. The van der Waals surface area contributed by atoms with Gasteiger partial charge in [0.25, 0.3) is 11.7 Å². The minimum absolute atomic E-state index is 0.0360. The number of rotatable bonds is 6. The maximum Gasteiger partial charge on any atom is 0.340 e. The smallest absolute Gasteiger partial charge is 0.340 e. The van der Waals surface area contributed by atoms with Crippen LogP contribution in [-0.2, 0) is 9.53 Å². The predicted octanol–water partition coefficient (Wildman–Crippen LogP) is 2.83. The minimum atomic E-state index is -2.63. The van der Waals surface area contributed by atoms with Gasteiger partial charge in [-0.05, 0) is 31.9 Å². The van der Waals surface area contributed by atoms with Gasteiger partial charge in [0, 0.05) is 10.9 Å². The quantitative estimate of drug-likeness (QED) is 0.648. The second-order valence-electron chi connectivity index (χ2n) is 4.71. The van der Waals surface area contributed by atoms with Crippen molar-refractivity contribution in [1.29, 1.82) is 0 Å². The Morgan fingerprint density at radius 2 is 2.00 bits per heavy atom. The topological polar surface area (TPSA) is 55.4 Å². The van der Waals surface area contributed by atoms with E-state index in [2.05, 4.69) is 5.32 Å². The number of thioether (sulfide) groups is 1. The molecule has 0 radical (unpaired) electrons. The van der Waals surface area contributed by atoms with Crippen molar-refractivity contribution in [3.05, 3.63) is 29.8 Å². The standard InChI is InChI=1S/C14H15F2NO3S/c1-8(12(18)17-9-6-7-9)20-13(19)10-4-2-3-5-11(10)21-14(15)16/h2-5,8-9,14H,6-7H2,1H3,(H,17,18). The van der Waals surface area contributed by atoms with E-state index in [4.69, 9.17) is 4.74 Å². The number of alkyl halides is 2. The average Bonchev–Trinajstić information content (AvgIpc) is 3.22. The van der Waals surface area contributed by atoms with E-state index in [1.54, 1.807) is 12.1 Å². The number of carbonyl (C=O) groups excluding carboxylic acids is 2. The number of esters is 1. The molecule has 0 bridgehead atoms. The van der Waals surface area contributed by atoms with Crippen LogP contribution in [0.2, 0.25) is 0 Å². The van der Waals surface area contributed by atoms with Gasteiger partial charge in [-0.1, -0.05) is 23.9 Å². The largest absolute Gasteiger partial charge is 0.449 e. The third-order valence-corrected chi connectivity index (χ3v) is 3.69. The maximum atomic E-state index is 12.5. The van der Waals surface area contributed by atoms with E-state index >= 15 is 0 Å². The molecule has 0 saturated heterocycles. The Kier molecular flexibility index (Phi) is 5.17. The second kappa shape index (κ2) is 6.89. The number of ether oxygens (including phenoxy) is 1. The monoisotopic (exact) mass is 315 g/mol. The van der Waals surface area contributed by atoms with Gasteiger partial charge >= 0.3 is 5.97 Å². The molecule has 1 aromatic carbocycles. The predicted molar refractivity (Wildman–Crippen MR) is 74.3 cm³/mol. The summed E-state index contributed by atoms with van der Waals surface area (Å²) < 4.78 is 29.9. The van der Waals surface area contributed by atoms with Gasteiger partial charge < -0.3 is 10.1 Å². The van der Waals surface area contributed by atoms with Gasteiger partial charge in [-0.3, -0.25) is 4.79 Å². The summed E-state index contributed by atoms with van der Waals surface area (Å²) in [5.74, 6) is -3.78. The highest BCUT2D eigenvalue weighted by molar-refractivity contribution is 7.99. The Labute approximate surface area is 125 Å². The second-order valence-corrected chi connectivity index (χ2v) is 5.74. The van der Waals surface area contributed by atoms with E-state index in [0.29, 0.717) is 0 Å². The first kappa shape index (κ1) is 15.8. The molecule has 1 aliphatic rings. The summed E-state index contributed by atoms with van der Waals surface area (Å²) in [6, 6.07) is 6.10. The molecule has 1 amide bonds. The van der Waals surface area contributed by atoms with Gasteiger partial charge in [0.2, 0.25) is 0 Å². The highest BCUT2D eigenvalue weighted by atomic mass is 32.2. The van der Waals surface area contributed by atoms with Crippen LogP contribution in [0.15, 0.2) is 29.2 Å². The fourth-order valence-electron chi connectivity index (χ4n) is 1.66. The summed E-state index contributed by atoms with van der Waals surface area (Å²) in [4.78, 5) is 23.8. The molecule has 1 aliphatic carbocycles. The Morgan fingerprint density at radius 1 is 1.33 bits per heavy atom. The number of hydrogen-bond donors (Lipinski definition) is 1. The zero-order valence-corrected chi connectivity index (χ0v) is 12.2. The van der Waals surface area contributed by atoms with E-state index in [1.807, 2.05) is 0 Å². The summed E-state index contributed by atoms with van der Waals surface area (Å²) in [5.41, 5.74) is 0.0360. The van der Waals surface area contributed by atoms with Crippen molar-refractivity contribution in [3.8, 4) is 0 Å². The molecule has 7 heteroatoms. The van der Waals surface area contributed by atoms with Gasteiger partial charge in [-0.25, -0.2) is 4.79 Å². The molecule has 1 atom stereocenters. The lowest BCUT2D eigenvalue weighted by atomic mass is 10.2. The molecule has 1 N–H and O–H groups in total. The Balaban J connectivity index is 2.00. The van der Waals surface area contributed by atoms with E-state index in [1.165, 1.54) is 19.1 Å². The molecule has 21 heavy (non-hydrogen) atoms. The minimum Gasteiger partial charge on any atom is -0.449 e. The van der Waals surface area contributed by atoms with Crippen LogP contribution >= 0.6 is 11.8 Å². The van der Waals surface area contributed by atoms with Crippen molar-refractivity contribution in [2.75, 3.05) is 0 Å². The number of halogens is 2. The number of benzene rings is 1. The van der Waals surface area contributed by atoms with E-state index in [0.717, 1.165) is 12.8 Å². The maximum absolute atomic E-state index is 12.5. The Hall–Kier alpha value is -1.63. The zero-order chi connectivity index (χ0) is 15.4. The SMILES string of the molecule is CC(OC(=O)c1ccccc1SC(F)F)C(=O)NC1CC1.